The summed E-state index contributed by atoms with van der Waals surface area (Å²) in [5.74, 6) is -0.507. The van der Waals surface area contributed by atoms with E-state index in [0.717, 1.165) is 5.56 Å². The highest BCUT2D eigenvalue weighted by atomic mass is 35.5. The Morgan fingerprint density at radius 2 is 1.93 bits per heavy atom. The molecule has 1 rings (SSSR count). The molecule has 14 heavy (non-hydrogen) atoms. The zero-order chi connectivity index (χ0) is 10.8. The summed E-state index contributed by atoms with van der Waals surface area (Å²) >= 11 is 5.72. The van der Waals surface area contributed by atoms with Crippen LogP contribution in [0.3, 0.4) is 0 Å². The molecule has 3 nitrogen and oxygen atoms in total. The predicted octanol–water partition coefficient (Wildman–Crippen LogP) is 1.09. The number of carbonyl (C=O) groups is 1. The molecule has 0 aliphatic heterocycles. The third-order valence-electron chi connectivity index (χ3n) is 2.05. The molecule has 1 unspecified atom stereocenters. The normalized spacial score (nSPS) is 14.8. The zero-order valence-corrected chi connectivity index (χ0v) is 8.71. The van der Waals surface area contributed by atoms with Crippen LogP contribution in [-0.4, -0.2) is 11.4 Å². The topological polar surface area (TPSA) is 69.1 Å². The highest BCUT2D eigenvalue weighted by molar-refractivity contribution is 6.30. The van der Waals surface area contributed by atoms with Gasteiger partial charge in [-0.15, -0.1) is 0 Å². The van der Waals surface area contributed by atoms with Gasteiger partial charge in [0.1, 0.15) is 0 Å². The van der Waals surface area contributed by atoms with Crippen LogP contribution >= 0.6 is 11.6 Å². The number of primary amides is 1. The van der Waals surface area contributed by atoms with Crippen molar-refractivity contribution in [2.75, 3.05) is 0 Å². The van der Waals surface area contributed by atoms with Crippen molar-refractivity contribution < 1.29 is 4.79 Å². The van der Waals surface area contributed by atoms with Gasteiger partial charge in [-0.3, -0.25) is 4.79 Å². The lowest BCUT2D eigenvalue weighted by Gasteiger charge is -2.20. The van der Waals surface area contributed by atoms with Gasteiger partial charge in [-0.25, -0.2) is 0 Å². The van der Waals surface area contributed by atoms with Gasteiger partial charge in [0, 0.05) is 5.02 Å². The van der Waals surface area contributed by atoms with Crippen molar-refractivity contribution in [3.63, 3.8) is 0 Å². The minimum atomic E-state index is -1.01. The number of rotatable bonds is 3. The number of amides is 1. The van der Waals surface area contributed by atoms with Gasteiger partial charge in [0.05, 0.1) is 5.54 Å². The summed E-state index contributed by atoms with van der Waals surface area (Å²) in [5.41, 5.74) is 10.8. The highest BCUT2D eigenvalue weighted by Crippen LogP contribution is 2.14. The Hall–Kier alpha value is -1.06. The number of hydrogen-bond acceptors (Lipinski definition) is 2. The zero-order valence-electron chi connectivity index (χ0n) is 7.96. The Labute approximate surface area is 88.0 Å². The number of hydrogen-bond donors (Lipinski definition) is 2. The number of benzene rings is 1. The summed E-state index contributed by atoms with van der Waals surface area (Å²) in [6.45, 7) is 1.62. The van der Waals surface area contributed by atoms with Crippen molar-refractivity contribution in [1.82, 2.24) is 0 Å². The van der Waals surface area contributed by atoms with Crippen LogP contribution in [0.5, 0.6) is 0 Å². The van der Waals surface area contributed by atoms with Crippen LogP contribution in [0, 0.1) is 0 Å². The first-order valence-corrected chi connectivity index (χ1v) is 4.63. The van der Waals surface area contributed by atoms with Gasteiger partial charge in [0.2, 0.25) is 5.91 Å². The molecule has 0 spiro atoms. The average Bonchev–Trinajstić information content (AvgIpc) is 2.08. The van der Waals surface area contributed by atoms with Crippen molar-refractivity contribution >= 4 is 17.5 Å². The Bertz CT molecular complexity index is 332. The van der Waals surface area contributed by atoms with Gasteiger partial charge in [-0.1, -0.05) is 23.7 Å². The van der Waals surface area contributed by atoms with Gasteiger partial charge in [-0.05, 0) is 31.0 Å². The average molecular weight is 213 g/mol. The maximum atomic E-state index is 11.0. The van der Waals surface area contributed by atoms with E-state index < -0.39 is 11.4 Å². The van der Waals surface area contributed by atoms with E-state index >= 15 is 0 Å². The van der Waals surface area contributed by atoms with Crippen LogP contribution in [0.1, 0.15) is 12.5 Å². The quantitative estimate of drug-likeness (QED) is 0.788. The molecule has 0 bridgehead atoms. The first-order chi connectivity index (χ1) is 6.42. The Morgan fingerprint density at radius 1 is 1.43 bits per heavy atom. The minimum absolute atomic E-state index is 0.416. The Morgan fingerprint density at radius 3 is 2.36 bits per heavy atom. The number of halogens is 1. The van der Waals surface area contributed by atoms with E-state index in [9.17, 15) is 4.79 Å². The largest absolute Gasteiger partial charge is 0.368 e. The maximum absolute atomic E-state index is 11.0. The second-order valence-electron chi connectivity index (χ2n) is 3.58. The molecule has 0 fully saturated rings. The molecule has 4 N–H and O–H groups in total. The van der Waals surface area contributed by atoms with E-state index in [1.54, 1.807) is 19.1 Å². The third-order valence-corrected chi connectivity index (χ3v) is 2.30. The molecule has 4 heteroatoms. The van der Waals surface area contributed by atoms with E-state index in [4.69, 9.17) is 23.1 Å². The van der Waals surface area contributed by atoms with Gasteiger partial charge in [0.15, 0.2) is 0 Å². The van der Waals surface area contributed by atoms with E-state index in [0.29, 0.717) is 11.4 Å². The standard InChI is InChI=1S/C10H13ClN2O/c1-10(13,9(12)14)6-7-2-4-8(11)5-3-7/h2-5H,6,13H2,1H3,(H2,12,14). The highest BCUT2D eigenvalue weighted by Gasteiger charge is 2.25. The fraction of sp³-hybridized carbons (Fsp3) is 0.300. The predicted molar refractivity (Wildman–Crippen MR) is 56.9 cm³/mol. The number of carbonyl (C=O) groups excluding carboxylic acids is 1. The second-order valence-corrected chi connectivity index (χ2v) is 4.02. The van der Waals surface area contributed by atoms with Crippen molar-refractivity contribution in [1.29, 1.82) is 0 Å². The van der Waals surface area contributed by atoms with Crippen LogP contribution in [0.4, 0.5) is 0 Å². The van der Waals surface area contributed by atoms with Crippen LogP contribution in [0.15, 0.2) is 24.3 Å². The molecule has 0 aliphatic carbocycles. The van der Waals surface area contributed by atoms with Crippen molar-refractivity contribution in [2.45, 2.75) is 18.9 Å². The SMILES string of the molecule is CC(N)(Cc1ccc(Cl)cc1)C(N)=O. The Balaban J connectivity index is 2.79. The molecule has 1 aromatic rings. The molecule has 0 heterocycles. The lowest BCUT2D eigenvalue weighted by molar-refractivity contribution is -0.122. The van der Waals surface area contributed by atoms with E-state index in [1.165, 1.54) is 0 Å². The lowest BCUT2D eigenvalue weighted by atomic mass is 9.93. The summed E-state index contributed by atoms with van der Waals surface area (Å²) < 4.78 is 0. The summed E-state index contributed by atoms with van der Waals surface area (Å²) in [6, 6.07) is 7.18. The smallest absolute Gasteiger partial charge is 0.237 e. The number of nitrogens with two attached hydrogens (primary N) is 2. The van der Waals surface area contributed by atoms with Gasteiger partial charge in [-0.2, -0.15) is 0 Å². The maximum Gasteiger partial charge on any atom is 0.237 e. The monoisotopic (exact) mass is 212 g/mol. The van der Waals surface area contributed by atoms with Crippen molar-refractivity contribution in [3.05, 3.63) is 34.9 Å². The molecule has 0 aromatic heterocycles. The fourth-order valence-corrected chi connectivity index (χ4v) is 1.24. The Kier molecular flexibility index (Phi) is 3.13. The van der Waals surface area contributed by atoms with Crippen molar-refractivity contribution in [3.8, 4) is 0 Å². The molecule has 0 saturated carbocycles. The van der Waals surface area contributed by atoms with Crippen molar-refractivity contribution in [2.24, 2.45) is 11.5 Å². The first-order valence-electron chi connectivity index (χ1n) is 4.25. The molecular weight excluding hydrogens is 200 g/mol. The first kappa shape index (κ1) is 11.0. The van der Waals surface area contributed by atoms with Gasteiger partial charge < -0.3 is 11.5 Å². The summed E-state index contributed by atoms with van der Waals surface area (Å²) in [4.78, 5) is 11.0. The molecule has 76 valence electrons. The second kappa shape index (κ2) is 3.98. The lowest BCUT2D eigenvalue weighted by Crippen LogP contribution is -2.51. The van der Waals surface area contributed by atoms with Gasteiger partial charge in [0.25, 0.3) is 0 Å². The summed E-state index contributed by atoms with van der Waals surface area (Å²) in [6.07, 6.45) is 0.416. The summed E-state index contributed by atoms with van der Waals surface area (Å²) in [5, 5.41) is 0.659. The minimum Gasteiger partial charge on any atom is -0.368 e. The van der Waals surface area contributed by atoms with Gasteiger partial charge >= 0.3 is 0 Å². The molecule has 1 amide bonds. The molecule has 1 atom stereocenters. The van der Waals surface area contributed by atoms with E-state index in [1.807, 2.05) is 12.1 Å². The molecule has 0 radical (unpaired) electrons. The van der Waals surface area contributed by atoms with Crippen LogP contribution in [-0.2, 0) is 11.2 Å². The fourth-order valence-electron chi connectivity index (χ4n) is 1.11. The van der Waals surface area contributed by atoms with Crippen LogP contribution in [0.25, 0.3) is 0 Å². The summed E-state index contributed by atoms with van der Waals surface area (Å²) in [7, 11) is 0. The third kappa shape index (κ3) is 2.72. The van der Waals surface area contributed by atoms with Crippen LogP contribution < -0.4 is 11.5 Å². The molecule has 1 aromatic carbocycles. The van der Waals surface area contributed by atoms with Crippen LogP contribution in [0.2, 0.25) is 5.02 Å². The molecule has 0 aliphatic rings. The van der Waals surface area contributed by atoms with E-state index in [-0.39, 0.29) is 0 Å². The van der Waals surface area contributed by atoms with E-state index in [2.05, 4.69) is 0 Å². The molecule has 0 saturated heterocycles. The molecular formula is C10H13ClN2O.